The second kappa shape index (κ2) is 16.0. The largest absolute Gasteiger partial charge is 0.0622 e. The van der Waals surface area contributed by atoms with Crippen LogP contribution < -0.4 is 15.9 Å². The van der Waals surface area contributed by atoms with Crippen molar-refractivity contribution in [1.82, 2.24) is 9.80 Å². The Morgan fingerprint density at radius 3 is 1.19 bits per heavy atom. The molecule has 0 aromatic heterocycles. The van der Waals surface area contributed by atoms with Crippen LogP contribution in [0.3, 0.4) is 0 Å². The molecule has 168 valence electrons. The van der Waals surface area contributed by atoms with E-state index >= 15 is 0 Å². The number of nitrogens with zero attached hydrogens (tertiary/aromatic N) is 2. The third-order valence-electron chi connectivity index (χ3n) is 4.73. The molecule has 0 saturated carbocycles. The van der Waals surface area contributed by atoms with E-state index in [1.54, 1.807) is 0 Å². The average Bonchev–Trinajstić information content (AvgIpc) is 3.31. The van der Waals surface area contributed by atoms with Crippen molar-refractivity contribution in [1.29, 1.82) is 0 Å². The predicted octanol–water partition coefficient (Wildman–Crippen LogP) is 5.46. The maximum atomic E-state index is 4.81. The minimum atomic E-state index is -0.446. The Hall–Kier alpha value is -0.748. The first-order valence-electron chi connectivity index (χ1n) is 10.3. The molecule has 0 atom stereocenters. The predicted molar refractivity (Wildman–Crippen MR) is 135 cm³/mol. The van der Waals surface area contributed by atoms with E-state index in [1.807, 2.05) is 0 Å². The van der Waals surface area contributed by atoms with Gasteiger partial charge in [0.2, 0.25) is 0 Å². The fraction of sp³-hybridized carbons (Fsp3) is 0.240. The zero-order valence-electron chi connectivity index (χ0n) is 17.9. The first-order valence-corrected chi connectivity index (χ1v) is 15.6. The van der Waals surface area contributed by atoms with Gasteiger partial charge in [0.25, 0.3) is 0 Å². The van der Waals surface area contributed by atoms with Crippen LogP contribution in [0.15, 0.2) is 91.0 Å². The molecule has 0 bridgehead atoms. The van der Waals surface area contributed by atoms with E-state index in [0.29, 0.717) is 0 Å². The molecule has 2 radical (unpaired) electrons. The maximum absolute atomic E-state index is 4.81. The van der Waals surface area contributed by atoms with Crippen molar-refractivity contribution in [3.63, 3.8) is 0 Å². The Labute approximate surface area is 205 Å². The third kappa shape index (κ3) is 9.33. The second-order valence-electron chi connectivity index (χ2n) is 6.65. The summed E-state index contributed by atoms with van der Waals surface area (Å²) in [5, 5.41) is 4.19. The van der Waals surface area contributed by atoms with Crippen molar-refractivity contribution in [3.05, 3.63) is 97.7 Å². The van der Waals surface area contributed by atoms with E-state index in [-0.39, 0.29) is 15.9 Å². The summed E-state index contributed by atoms with van der Waals surface area (Å²) in [5.74, 6) is 0. The molecule has 2 nitrogen and oxygen atoms in total. The van der Waals surface area contributed by atoms with Crippen LogP contribution in [0.4, 0.5) is 0 Å². The first-order chi connectivity index (χ1) is 15.2. The molecule has 0 aliphatic carbocycles. The Balaban J connectivity index is 0.000000238. The summed E-state index contributed by atoms with van der Waals surface area (Å²) in [7, 11) is 9.18. The third-order valence-corrected chi connectivity index (χ3v) is 7.17. The molecule has 0 amide bonds. The number of benzene rings is 3. The smallest absolute Gasteiger partial charge is 0.0134 e. The summed E-state index contributed by atoms with van der Waals surface area (Å²) in [4.78, 5) is 4.42. The molecular formula is C25H29Cl2N2PPd. The van der Waals surface area contributed by atoms with Crippen molar-refractivity contribution >= 4 is 42.9 Å². The molecule has 3 aromatic rings. The number of hydrogen-bond acceptors (Lipinski definition) is 2. The van der Waals surface area contributed by atoms with E-state index in [1.165, 1.54) is 15.9 Å². The van der Waals surface area contributed by atoms with Crippen LogP contribution in [0.2, 0.25) is 0 Å². The Bertz CT molecular complexity index is 721. The Morgan fingerprint density at radius 1 is 0.677 bits per heavy atom. The summed E-state index contributed by atoms with van der Waals surface area (Å²) >= 11 is -0.106. The molecule has 31 heavy (non-hydrogen) atoms. The Morgan fingerprint density at radius 2 is 0.968 bits per heavy atom. The van der Waals surface area contributed by atoms with Gasteiger partial charge in [0.05, 0.1) is 0 Å². The summed E-state index contributed by atoms with van der Waals surface area (Å²) in [6.07, 6.45) is 0. The number of rotatable bonds is 5. The number of likely N-dealkylation sites (N-methyl/N-ethyl adjacent to an activating group) is 2. The number of halogens is 2. The van der Waals surface area contributed by atoms with E-state index in [9.17, 15) is 0 Å². The molecule has 0 N–H and O–H groups in total. The van der Waals surface area contributed by atoms with E-state index < -0.39 is 7.92 Å². The van der Waals surface area contributed by atoms with E-state index in [4.69, 9.17) is 19.1 Å². The number of hydrogen-bond donors (Lipinski definition) is 0. The normalized spacial score (nSPS) is 14.0. The molecule has 3 aromatic carbocycles. The standard InChI is InChI=1S/C18H15P.C7H14N2.2ClH.Pd/c1-4-10-16(11-5-1)19(17-12-6-2-7-13-17)18-14-8-3-9-15-18;1-3-8-5-6-9(4-2)7-8;;;/h1-15H;3-6H2,1-2H3;2*1H;/q;;;;+2/p-2. The van der Waals surface area contributed by atoms with Crippen molar-refractivity contribution in [2.45, 2.75) is 13.8 Å². The van der Waals surface area contributed by atoms with Crippen LogP contribution in [0.1, 0.15) is 13.8 Å². The van der Waals surface area contributed by atoms with E-state index in [0.717, 1.165) is 26.2 Å². The van der Waals surface area contributed by atoms with Crippen LogP contribution in [0.25, 0.3) is 0 Å². The van der Waals surface area contributed by atoms with Crippen molar-refractivity contribution in [2.24, 2.45) is 0 Å². The van der Waals surface area contributed by atoms with Gasteiger partial charge in [0, 0.05) is 13.1 Å². The molecular weight excluding hydrogens is 537 g/mol. The Kier molecular flexibility index (Phi) is 13.6. The maximum Gasteiger partial charge on any atom is -0.0134 e. The minimum absolute atomic E-state index is 0.106. The van der Waals surface area contributed by atoms with Crippen LogP contribution >= 0.6 is 27.0 Å². The van der Waals surface area contributed by atoms with Gasteiger partial charge >= 0.3 is 35.0 Å². The topological polar surface area (TPSA) is 6.48 Å². The van der Waals surface area contributed by atoms with Gasteiger partial charge in [-0.15, -0.1) is 0 Å². The molecule has 0 unspecified atom stereocenters. The second-order valence-corrected chi connectivity index (χ2v) is 11.2. The van der Waals surface area contributed by atoms with Crippen LogP contribution in [-0.4, -0.2) is 36.0 Å². The molecule has 6 heteroatoms. The van der Waals surface area contributed by atoms with Crippen LogP contribution in [0.5, 0.6) is 0 Å². The van der Waals surface area contributed by atoms with Crippen molar-refractivity contribution in [3.8, 4) is 0 Å². The van der Waals surface area contributed by atoms with Gasteiger partial charge in [-0.2, -0.15) is 0 Å². The van der Waals surface area contributed by atoms with Crippen LogP contribution in [-0.2, 0) is 15.9 Å². The van der Waals surface area contributed by atoms with E-state index in [2.05, 4.69) is 121 Å². The summed E-state index contributed by atoms with van der Waals surface area (Å²) in [6.45, 7) is 12.1. The van der Waals surface area contributed by atoms with Gasteiger partial charge in [0.15, 0.2) is 0 Å². The zero-order chi connectivity index (χ0) is 22.3. The fourth-order valence-corrected chi connectivity index (χ4v) is 5.48. The van der Waals surface area contributed by atoms with Crippen molar-refractivity contribution < 1.29 is 15.9 Å². The quantitative estimate of drug-likeness (QED) is 0.300. The van der Waals surface area contributed by atoms with Gasteiger partial charge in [0.1, 0.15) is 6.67 Å². The first kappa shape index (κ1) is 26.5. The zero-order valence-corrected chi connectivity index (χ0v) is 21.9. The molecule has 1 heterocycles. The fourth-order valence-electron chi connectivity index (χ4n) is 3.18. The van der Waals surface area contributed by atoms with Gasteiger partial charge in [-0.3, -0.25) is 9.80 Å². The minimum Gasteiger partial charge on any atom is -0.0622 e. The molecule has 1 fully saturated rings. The molecule has 1 aliphatic heterocycles. The van der Waals surface area contributed by atoms with Gasteiger partial charge in [-0.1, -0.05) is 105 Å². The molecule has 1 saturated heterocycles. The van der Waals surface area contributed by atoms with Gasteiger partial charge in [-0.05, 0) is 36.9 Å². The average molecular weight is 566 g/mol. The molecule has 4 rings (SSSR count). The summed E-state index contributed by atoms with van der Waals surface area (Å²) in [6, 6.07) is 32.3. The SMILES string of the molecule is CCN1[C]N(CC)CC1.[Cl][Pd][Cl].c1ccc(P(c2ccccc2)c2ccccc2)cc1. The summed E-state index contributed by atoms with van der Waals surface area (Å²) in [5.41, 5.74) is 0. The van der Waals surface area contributed by atoms with Gasteiger partial charge < -0.3 is 0 Å². The monoisotopic (exact) mass is 564 g/mol. The van der Waals surface area contributed by atoms with Crippen molar-refractivity contribution in [2.75, 3.05) is 26.2 Å². The van der Waals surface area contributed by atoms with Gasteiger partial charge in [-0.25, -0.2) is 0 Å². The summed E-state index contributed by atoms with van der Waals surface area (Å²) < 4.78 is 0. The van der Waals surface area contributed by atoms with Crippen LogP contribution in [0, 0.1) is 6.67 Å². The molecule has 1 aliphatic rings. The molecule has 0 spiro atoms.